The van der Waals surface area contributed by atoms with Crippen molar-refractivity contribution < 1.29 is 0 Å². The number of hydrogen-bond acceptors (Lipinski definition) is 4. The zero-order chi connectivity index (χ0) is 12.4. The Hall–Kier alpha value is -1.05. The molecule has 2 rings (SSSR count). The van der Waals surface area contributed by atoms with E-state index < -0.39 is 0 Å². The van der Waals surface area contributed by atoms with Crippen molar-refractivity contribution in [2.45, 2.75) is 26.4 Å². The van der Waals surface area contributed by atoms with Crippen LogP contribution in [0.3, 0.4) is 0 Å². The number of aliphatic imine (C=N–C) groups is 1. The molecule has 6 heteroatoms. The molecule has 0 bridgehead atoms. The van der Waals surface area contributed by atoms with Crippen molar-refractivity contribution in [1.82, 2.24) is 15.2 Å². The van der Waals surface area contributed by atoms with Gasteiger partial charge >= 0.3 is 0 Å². The van der Waals surface area contributed by atoms with Crippen molar-refractivity contribution in [3.05, 3.63) is 33.7 Å². The van der Waals surface area contributed by atoms with E-state index in [0.717, 1.165) is 23.8 Å². The van der Waals surface area contributed by atoms with E-state index in [4.69, 9.17) is 0 Å². The third kappa shape index (κ3) is 3.24. The molecular formula is C12H19IN4O. The molecule has 1 aliphatic heterocycles. The molecule has 18 heavy (non-hydrogen) atoms. The number of aromatic nitrogens is 1. The number of rotatable bonds is 2. The fourth-order valence-corrected chi connectivity index (χ4v) is 1.75. The molecular weight excluding hydrogens is 343 g/mol. The smallest absolute Gasteiger partial charge is 0.255 e. The lowest BCUT2D eigenvalue weighted by atomic mass is 10.2. The number of aryl methyl sites for hydroxylation is 1. The van der Waals surface area contributed by atoms with Gasteiger partial charge in [-0.1, -0.05) is 6.07 Å². The standard InChI is InChI=1S/C12H18N4O.HI/c1-8-6-13-12(15-8)14-7-10-5-4-9(2)16(3)11(10)17;/h4-5,8H,6-7H2,1-3H3,(H2,13,14,15);1H. The molecule has 0 aromatic carbocycles. The van der Waals surface area contributed by atoms with Crippen LogP contribution in [-0.2, 0) is 13.6 Å². The molecule has 0 radical (unpaired) electrons. The van der Waals surface area contributed by atoms with Gasteiger partial charge in [0.05, 0.1) is 6.54 Å². The maximum absolute atomic E-state index is 11.9. The van der Waals surface area contributed by atoms with Gasteiger partial charge in [-0.2, -0.15) is 0 Å². The normalized spacial score (nSPS) is 17.7. The lowest BCUT2D eigenvalue weighted by molar-refractivity contribution is 0.710. The number of nitrogens with one attached hydrogen (secondary N) is 2. The second kappa shape index (κ2) is 6.21. The van der Waals surface area contributed by atoms with Crippen LogP contribution in [0.25, 0.3) is 0 Å². The Labute approximate surface area is 124 Å². The molecule has 5 nitrogen and oxygen atoms in total. The first kappa shape index (κ1) is 15.0. The fraction of sp³-hybridized carbons (Fsp3) is 0.500. The van der Waals surface area contributed by atoms with Gasteiger partial charge in [-0.15, -0.1) is 24.0 Å². The Morgan fingerprint density at radius 2 is 2.28 bits per heavy atom. The van der Waals surface area contributed by atoms with E-state index in [1.807, 2.05) is 19.1 Å². The molecule has 0 saturated carbocycles. The summed E-state index contributed by atoms with van der Waals surface area (Å²) < 4.78 is 1.66. The lowest BCUT2D eigenvalue weighted by Gasteiger charge is -2.10. The first-order valence-corrected chi connectivity index (χ1v) is 5.78. The summed E-state index contributed by atoms with van der Waals surface area (Å²) in [5.74, 6) is 0.778. The van der Waals surface area contributed by atoms with Crippen LogP contribution < -0.4 is 16.2 Å². The molecule has 1 atom stereocenters. The van der Waals surface area contributed by atoms with E-state index in [1.54, 1.807) is 11.6 Å². The highest BCUT2D eigenvalue weighted by Gasteiger charge is 2.12. The van der Waals surface area contributed by atoms with Crippen LogP contribution in [0.4, 0.5) is 0 Å². The molecule has 1 unspecified atom stereocenters. The van der Waals surface area contributed by atoms with E-state index in [9.17, 15) is 4.79 Å². The van der Waals surface area contributed by atoms with Crippen molar-refractivity contribution in [2.24, 2.45) is 12.0 Å². The third-order valence-electron chi connectivity index (χ3n) is 2.99. The zero-order valence-electron chi connectivity index (χ0n) is 10.9. The third-order valence-corrected chi connectivity index (χ3v) is 2.99. The SMILES string of the molecule is Cc1ccc(CNC2=NCC(C)N2)c(=O)n1C.I. The summed E-state index contributed by atoms with van der Waals surface area (Å²) in [4.78, 5) is 16.2. The lowest BCUT2D eigenvalue weighted by Crippen LogP contribution is -2.38. The second-order valence-corrected chi connectivity index (χ2v) is 4.45. The largest absolute Gasteiger partial charge is 0.352 e. The molecule has 0 amide bonds. The number of pyridine rings is 1. The minimum atomic E-state index is 0. The number of guanidine groups is 1. The Balaban J connectivity index is 0.00000162. The topological polar surface area (TPSA) is 58.4 Å². The second-order valence-electron chi connectivity index (χ2n) is 4.45. The predicted molar refractivity (Wildman–Crippen MR) is 83.6 cm³/mol. The van der Waals surface area contributed by atoms with Gasteiger partial charge < -0.3 is 15.2 Å². The van der Waals surface area contributed by atoms with Gasteiger partial charge in [0.15, 0.2) is 5.96 Å². The van der Waals surface area contributed by atoms with Crippen molar-refractivity contribution in [3.8, 4) is 0 Å². The molecule has 100 valence electrons. The van der Waals surface area contributed by atoms with Gasteiger partial charge in [-0.3, -0.25) is 9.79 Å². The first-order chi connectivity index (χ1) is 8.08. The van der Waals surface area contributed by atoms with Crippen molar-refractivity contribution in [3.63, 3.8) is 0 Å². The van der Waals surface area contributed by atoms with Gasteiger partial charge in [0.25, 0.3) is 5.56 Å². The summed E-state index contributed by atoms with van der Waals surface area (Å²) in [6.45, 7) is 5.28. The average Bonchev–Trinajstić information content (AvgIpc) is 2.71. The maximum atomic E-state index is 11.9. The summed E-state index contributed by atoms with van der Waals surface area (Å²) in [5, 5.41) is 6.34. The number of halogens is 1. The Bertz CT molecular complexity index is 509. The molecule has 0 aliphatic carbocycles. The van der Waals surface area contributed by atoms with E-state index in [0.29, 0.717) is 12.6 Å². The van der Waals surface area contributed by atoms with E-state index in [2.05, 4.69) is 22.5 Å². The number of nitrogens with zero attached hydrogens (tertiary/aromatic N) is 2. The highest BCUT2D eigenvalue weighted by molar-refractivity contribution is 14.0. The van der Waals surface area contributed by atoms with Crippen LogP contribution >= 0.6 is 24.0 Å². The molecule has 0 fully saturated rings. The Kier molecular flexibility index (Phi) is 5.18. The van der Waals surface area contributed by atoms with Crippen molar-refractivity contribution >= 4 is 29.9 Å². The molecule has 0 saturated heterocycles. The first-order valence-electron chi connectivity index (χ1n) is 5.78. The van der Waals surface area contributed by atoms with E-state index >= 15 is 0 Å². The van der Waals surface area contributed by atoms with Crippen molar-refractivity contribution in [1.29, 1.82) is 0 Å². The molecule has 1 aliphatic rings. The predicted octanol–water partition coefficient (Wildman–Crippen LogP) is 0.749. The van der Waals surface area contributed by atoms with Crippen LogP contribution in [0.15, 0.2) is 21.9 Å². The van der Waals surface area contributed by atoms with Gasteiger partial charge in [0, 0.05) is 30.9 Å². The van der Waals surface area contributed by atoms with Crippen LogP contribution in [-0.4, -0.2) is 23.1 Å². The highest BCUT2D eigenvalue weighted by Crippen LogP contribution is 1.97. The molecule has 0 spiro atoms. The van der Waals surface area contributed by atoms with Crippen LogP contribution in [0.2, 0.25) is 0 Å². The molecule has 2 N–H and O–H groups in total. The molecule has 1 aromatic heterocycles. The maximum Gasteiger partial charge on any atom is 0.255 e. The summed E-state index contributed by atoms with van der Waals surface area (Å²) in [6, 6.07) is 4.19. The summed E-state index contributed by atoms with van der Waals surface area (Å²) >= 11 is 0. The van der Waals surface area contributed by atoms with Gasteiger partial charge in [-0.05, 0) is 19.9 Å². The highest BCUT2D eigenvalue weighted by atomic mass is 127. The van der Waals surface area contributed by atoms with Gasteiger partial charge in [0.2, 0.25) is 0 Å². The van der Waals surface area contributed by atoms with Gasteiger partial charge in [0.1, 0.15) is 0 Å². The molecule has 1 aromatic rings. The zero-order valence-corrected chi connectivity index (χ0v) is 13.2. The van der Waals surface area contributed by atoms with Crippen molar-refractivity contribution in [2.75, 3.05) is 6.54 Å². The van der Waals surface area contributed by atoms with E-state index in [-0.39, 0.29) is 29.5 Å². The Morgan fingerprint density at radius 1 is 1.56 bits per heavy atom. The minimum Gasteiger partial charge on any atom is -0.352 e. The quantitative estimate of drug-likeness (QED) is 0.764. The fourth-order valence-electron chi connectivity index (χ4n) is 1.75. The summed E-state index contributed by atoms with van der Waals surface area (Å²) in [7, 11) is 1.79. The molecule has 2 heterocycles. The van der Waals surface area contributed by atoms with E-state index in [1.165, 1.54) is 0 Å². The van der Waals surface area contributed by atoms with Crippen LogP contribution in [0.1, 0.15) is 18.2 Å². The summed E-state index contributed by atoms with van der Waals surface area (Å²) in [5.41, 5.74) is 1.76. The number of hydrogen-bond donors (Lipinski definition) is 2. The van der Waals surface area contributed by atoms with Crippen LogP contribution in [0, 0.1) is 6.92 Å². The van der Waals surface area contributed by atoms with Crippen LogP contribution in [0.5, 0.6) is 0 Å². The Morgan fingerprint density at radius 3 is 2.89 bits per heavy atom. The average molecular weight is 362 g/mol. The van der Waals surface area contributed by atoms with Gasteiger partial charge in [-0.25, -0.2) is 0 Å². The summed E-state index contributed by atoms with van der Waals surface area (Å²) in [6.07, 6.45) is 0. The minimum absolute atomic E-state index is 0. The monoisotopic (exact) mass is 362 g/mol.